The smallest absolute Gasteiger partial charge is 0.271 e. The van der Waals surface area contributed by atoms with Gasteiger partial charge in [-0.15, -0.1) is 0 Å². The Morgan fingerprint density at radius 2 is 1.88 bits per heavy atom. The van der Waals surface area contributed by atoms with Gasteiger partial charge in [0, 0.05) is 31.1 Å². The number of ketones is 1. The van der Waals surface area contributed by atoms with E-state index in [2.05, 4.69) is 4.99 Å². The van der Waals surface area contributed by atoms with Crippen LogP contribution in [0.2, 0.25) is 0 Å². The summed E-state index contributed by atoms with van der Waals surface area (Å²) >= 11 is 1.32. The Bertz CT molecular complexity index is 1480. The average molecular weight is 462 g/mol. The molecular formula is C25H23N3O4S. The van der Waals surface area contributed by atoms with E-state index in [1.807, 2.05) is 74.5 Å². The topological polar surface area (TPSA) is 73.1 Å². The van der Waals surface area contributed by atoms with E-state index in [4.69, 9.17) is 9.47 Å². The van der Waals surface area contributed by atoms with Gasteiger partial charge in [0.15, 0.2) is 22.1 Å². The number of Topliss-reactive ketones (excluding diaryl/α,β-unsaturated/α-hetero) is 1. The third kappa shape index (κ3) is 3.66. The molecule has 7 nitrogen and oxygen atoms in total. The molecule has 1 aromatic heterocycles. The normalized spacial score (nSPS) is 17.1. The first-order valence-corrected chi connectivity index (χ1v) is 11.4. The molecule has 0 saturated carbocycles. The number of aromatic nitrogens is 1. The quantitative estimate of drug-likeness (QED) is 0.597. The molecule has 5 rings (SSSR count). The van der Waals surface area contributed by atoms with E-state index in [0.29, 0.717) is 32.1 Å². The molecular weight excluding hydrogens is 438 g/mol. The molecule has 0 fully saturated rings. The lowest BCUT2D eigenvalue weighted by molar-refractivity contribution is -0.114. The third-order valence-electron chi connectivity index (χ3n) is 5.82. The van der Waals surface area contributed by atoms with E-state index in [-0.39, 0.29) is 18.1 Å². The van der Waals surface area contributed by atoms with Gasteiger partial charge in [0.2, 0.25) is 6.79 Å². The molecule has 0 radical (unpaired) electrons. The highest BCUT2D eigenvalue weighted by molar-refractivity contribution is 7.07. The van der Waals surface area contributed by atoms with Crippen molar-refractivity contribution >= 4 is 28.9 Å². The van der Waals surface area contributed by atoms with E-state index >= 15 is 0 Å². The fourth-order valence-electron chi connectivity index (χ4n) is 4.20. The number of fused-ring (bicyclic) bond motifs is 2. The van der Waals surface area contributed by atoms with Crippen LogP contribution < -0.4 is 29.3 Å². The number of hydrogen-bond donors (Lipinski definition) is 0. The van der Waals surface area contributed by atoms with Crippen molar-refractivity contribution in [2.45, 2.75) is 19.9 Å². The van der Waals surface area contributed by atoms with Gasteiger partial charge in [-0.1, -0.05) is 29.5 Å². The van der Waals surface area contributed by atoms with Gasteiger partial charge < -0.3 is 14.4 Å². The van der Waals surface area contributed by atoms with Crippen molar-refractivity contribution < 1.29 is 14.3 Å². The summed E-state index contributed by atoms with van der Waals surface area (Å²) in [5, 5.41) is 0. The lowest BCUT2D eigenvalue weighted by Crippen LogP contribution is -2.39. The summed E-state index contributed by atoms with van der Waals surface area (Å²) in [6.07, 6.45) is 1.82. The summed E-state index contributed by atoms with van der Waals surface area (Å²) in [4.78, 5) is 33.4. The Kier molecular flexibility index (Phi) is 5.17. The molecule has 2 aliphatic heterocycles. The lowest BCUT2D eigenvalue weighted by Gasteiger charge is -2.25. The van der Waals surface area contributed by atoms with Gasteiger partial charge in [0.1, 0.15) is 0 Å². The number of rotatable bonds is 4. The fourth-order valence-corrected chi connectivity index (χ4v) is 5.24. The highest BCUT2D eigenvalue weighted by Gasteiger charge is 2.30. The van der Waals surface area contributed by atoms with Crippen LogP contribution in [0, 0.1) is 0 Å². The predicted octanol–water partition coefficient (Wildman–Crippen LogP) is 2.62. The molecule has 0 aliphatic carbocycles. The largest absolute Gasteiger partial charge is 0.454 e. The third-order valence-corrected chi connectivity index (χ3v) is 6.80. The maximum Gasteiger partial charge on any atom is 0.271 e. The molecule has 8 heteroatoms. The maximum atomic E-state index is 13.6. The number of anilines is 1. The molecule has 0 bridgehead atoms. The van der Waals surface area contributed by atoms with Crippen LogP contribution >= 0.6 is 11.3 Å². The van der Waals surface area contributed by atoms with Crippen LogP contribution in [-0.4, -0.2) is 31.2 Å². The summed E-state index contributed by atoms with van der Waals surface area (Å²) in [6, 6.07) is 13.0. The fraction of sp³-hybridized carbons (Fsp3) is 0.240. The molecule has 0 unspecified atom stereocenters. The number of carbonyl (C=O) groups excluding carboxylic acids is 1. The van der Waals surface area contributed by atoms with E-state index in [9.17, 15) is 9.59 Å². The predicted molar refractivity (Wildman–Crippen MR) is 128 cm³/mol. The number of nitrogens with zero attached hydrogens (tertiary/aromatic N) is 3. The van der Waals surface area contributed by atoms with Crippen molar-refractivity contribution in [2.24, 2.45) is 4.99 Å². The number of allylic oxidation sites excluding steroid dienone is 2. The summed E-state index contributed by atoms with van der Waals surface area (Å²) in [7, 11) is 3.94. The lowest BCUT2D eigenvalue weighted by atomic mass is 9.93. The van der Waals surface area contributed by atoms with Crippen molar-refractivity contribution in [1.82, 2.24) is 4.57 Å². The summed E-state index contributed by atoms with van der Waals surface area (Å²) in [5.41, 5.74) is 3.74. The Morgan fingerprint density at radius 3 is 2.58 bits per heavy atom. The van der Waals surface area contributed by atoms with Gasteiger partial charge in [-0.25, -0.2) is 4.99 Å². The first kappa shape index (κ1) is 21.2. The van der Waals surface area contributed by atoms with Crippen molar-refractivity contribution in [3.8, 4) is 11.5 Å². The monoisotopic (exact) mass is 461 g/mol. The summed E-state index contributed by atoms with van der Waals surface area (Å²) in [6.45, 7) is 3.55. The van der Waals surface area contributed by atoms with Gasteiger partial charge in [-0.05, 0) is 55.3 Å². The number of ether oxygens (including phenoxy) is 2. The van der Waals surface area contributed by atoms with Crippen LogP contribution in [0.25, 0.3) is 6.08 Å². The highest BCUT2D eigenvalue weighted by Crippen LogP contribution is 2.33. The van der Waals surface area contributed by atoms with Gasteiger partial charge in [-0.2, -0.15) is 0 Å². The van der Waals surface area contributed by atoms with E-state index in [1.54, 1.807) is 4.57 Å². The van der Waals surface area contributed by atoms with Crippen LogP contribution in [-0.2, 0) is 4.79 Å². The minimum atomic E-state index is -0.520. The van der Waals surface area contributed by atoms with Crippen LogP contribution in [0.3, 0.4) is 0 Å². The molecule has 3 heterocycles. The molecule has 3 aromatic rings. The molecule has 33 heavy (non-hydrogen) atoms. The molecule has 2 aliphatic rings. The first-order valence-electron chi connectivity index (χ1n) is 10.5. The van der Waals surface area contributed by atoms with Crippen LogP contribution in [0.1, 0.15) is 31.0 Å². The van der Waals surface area contributed by atoms with Crippen LogP contribution in [0.4, 0.5) is 5.69 Å². The molecule has 0 spiro atoms. The summed E-state index contributed by atoms with van der Waals surface area (Å²) in [5.74, 6) is 1.25. The molecule has 1 atom stereocenters. The number of carbonyl (C=O) groups is 1. The van der Waals surface area contributed by atoms with Crippen molar-refractivity contribution in [3.05, 3.63) is 84.5 Å². The minimum Gasteiger partial charge on any atom is -0.454 e. The van der Waals surface area contributed by atoms with Gasteiger partial charge in [0.05, 0.1) is 10.6 Å². The van der Waals surface area contributed by atoms with Crippen molar-refractivity contribution in [1.29, 1.82) is 0 Å². The van der Waals surface area contributed by atoms with Crippen molar-refractivity contribution in [3.63, 3.8) is 0 Å². The Labute approximate surface area is 194 Å². The Morgan fingerprint density at radius 1 is 1.15 bits per heavy atom. The molecule has 0 amide bonds. The van der Waals surface area contributed by atoms with E-state index in [1.165, 1.54) is 18.3 Å². The molecule has 0 N–H and O–H groups in total. The highest BCUT2D eigenvalue weighted by atomic mass is 32.1. The van der Waals surface area contributed by atoms with E-state index in [0.717, 1.165) is 16.8 Å². The minimum absolute atomic E-state index is 0.0945. The van der Waals surface area contributed by atoms with Gasteiger partial charge >= 0.3 is 0 Å². The standard InChI is InChI=1S/C25H23N3O4S/c1-14-22(15(2)29)23(17-6-8-18(9-7-17)27(3)4)28-24(30)21(33-25(28)26-14)12-16-5-10-19-20(11-16)32-13-31-19/h5-12,23H,13H2,1-4H3/b21-12-/t23-/m0/s1. The van der Waals surface area contributed by atoms with Crippen LogP contribution in [0.15, 0.2) is 63.5 Å². The first-order chi connectivity index (χ1) is 15.8. The second kappa shape index (κ2) is 8.04. The summed E-state index contributed by atoms with van der Waals surface area (Å²) < 4.78 is 13.0. The molecule has 0 saturated heterocycles. The zero-order valence-electron chi connectivity index (χ0n) is 18.8. The zero-order valence-corrected chi connectivity index (χ0v) is 19.6. The van der Waals surface area contributed by atoms with Crippen molar-refractivity contribution in [2.75, 3.05) is 25.8 Å². The average Bonchev–Trinajstić information content (AvgIpc) is 3.36. The SMILES string of the molecule is CC(=O)C1=C(C)N=c2s/c(=C\c3ccc4c(c3)OCO4)c(=O)n2[C@H]1c1ccc(N(C)C)cc1. The Balaban J connectivity index is 1.68. The van der Waals surface area contributed by atoms with Gasteiger partial charge in [0.25, 0.3) is 5.56 Å². The van der Waals surface area contributed by atoms with Gasteiger partial charge in [-0.3, -0.25) is 14.2 Å². The number of hydrogen-bond acceptors (Lipinski definition) is 7. The zero-order chi connectivity index (χ0) is 23.3. The maximum absolute atomic E-state index is 13.6. The number of benzene rings is 2. The molecule has 2 aromatic carbocycles. The molecule has 168 valence electrons. The van der Waals surface area contributed by atoms with Crippen LogP contribution in [0.5, 0.6) is 11.5 Å². The Hall–Kier alpha value is -3.65. The number of thiazole rings is 1. The second-order valence-electron chi connectivity index (χ2n) is 8.24. The van der Waals surface area contributed by atoms with E-state index < -0.39 is 6.04 Å². The second-order valence-corrected chi connectivity index (χ2v) is 9.25.